The molecule has 0 bridgehead atoms. The quantitative estimate of drug-likeness (QED) is 0.870. The lowest BCUT2D eigenvalue weighted by Gasteiger charge is -2.40. The summed E-state index contributed by atoms with van der Waals surface area (Å²) in [6.45, 7) is 8.07. The highest BCUT2D eigenvalue weighted by atomic mass is 32.2. The van der Waals surface area contributed by atoms with E-state index in [-0.39, 0.29) is 0 Å². The summed E-state index contributed by atoms with van der Waals surface area (Å²) in [6, 6.07) is 4.72. The SMILES string of the molecule is CCNC1CCC(C)(C)CC1SCc1ccco1. The van der Waals surface area contributed by atoms with Crippen molar-refractivity contribution in [2.75, 3.05) is 6.54 Å². The van der Waals surface area contributed by atoms with Gasteiger partial charge in [0.2, 0.25) is 0 Å². The third kappa shape index (κ3) is 3.79. The second-order valence-corrected chi connectivity index (χ2v) is 7.23. The highest BCUT2D eigenvalue weighted by molar-refractivity contribution is 7.99. The molecule has 0 saturated heterocycles. The number of hydrogen-bond donors (Lipinski definition) is 1. The van der Waals surface area contributed by atoms with Gasteiger partial charge in [0.05, 0.1) is 12.0 Å². The zero-order valence-corrected chi connectivity index (χ0v) is 12.6. The lowest BCUT2D eigenvalue weighted by atomic mass is 9.75. The standard InChI is InChI=1S/C15H25NOS/c1-4-16-13-7-8-15(2,3)10-14(13)18-11-12-6-5-9-17-12/h5-6,9,13-14,16H,4,7-8,10-11H2,1-3H3. The molecule has 0 aromatic carbocycles. The van der Waals surface area contributed by atoms with Crippen LogP contribution in [-0.4, -0.2) is 17.8 Å². The molecule has 1 saturated carbocycles. The largest absolute Gasteiger partial charge is 0.468 e. The van der Waals surface area contributed by atoms with Crippen LogP contribution >= 0.6 is 11.8 Å². The molecule has 1 aliphatic rings. The fourth-order valence-corrected chi connectivity index (χ4v) is 4.35. The number of furan rings is 1. The summed E-state index contributed by atoms with van der Waals surface area (Å²) in [4.78, 5) is 0. The number of thioether (sulfide) groups is 1. The Kier molecular flexibility index (Phi) is 4.79. The number of hydrogen-bond acceptors (Lipinski definition) is 3. The van der Waals surface area contributed by atoms with Gasteiger partial charge in [-0.2, -0.15) is 0 Å². The van der Waals surface area contributed by atoms with Gasteiger partial charge in [0.15, 0.2) is 0 Å². The van der Waals surface area contributed by atoms with Crippen molar-refractivity contribution in [3.05, 3.63) is 24.2 Å². The molecule has 1 aliphatic carbocycles. The molecule has 1 heterocycles. The second kappa shape index (κ2) is 6.16. The third-order valence-electron chi connectivity index (χ3n) is 3.82. The van der Waals surface area contributed by atoms with Crippen LogP contribution in [0.5, 0.6) is 0 Å². The van der Waals surface area contributed by atoms with Crippen molar-refractivity contribution >= 4 is 11.8 Å². The molecule has 1 aromatic rings. The van der Waals surface area contributed by atoms with Crippen LogP contribution in [0.2, 0.25) is 0 Å². The maximum absolute atomic E-state index is 5.43. The van der Waals surface area contributed by atoms with E-state index >= 15 is 0 Å². The van der Waals surface area contributed by atoms with Gasteiger partial charge < -0.3 is 9.73 Å². The predicted molar refractivity (Wildman–Crippen MR) is 78.9 cm³/mol. The molecule has 1 fully saturated rings. The smallest absolute Gasteiger partial charge is 0.113 e. The highest BCUT2D eigenvalue weighted by Crippen LogP contribution is 2.41. The first-order chi connectivity index (χ1) is 8.61. The van der Waals surface area contributed by atoms with Gasteiger partial charge in [-0.3, -0.25) is 0 Å². The van der Waals surface area contributed by atoms with E-state index < -0.39 is 0 Å². The Morgan fingerprint density at radius 3 is 3.00 bits per heavy atom. The highest BCUT2D eigenvalue weighted by Gasteiger charge is 2.34. The zero-order valence-electron chi connectivity index (χ0n) is 11.7. The van der Waals surface area contributed by atoms with Gasteiger partial charge in [-0.15, -0.1) is 11.8 Å². The molecule has 1 N–H and O–H groups in total. The van der Waals surface area contributed by atoms with Gasteiger partial charge in [0, 0.05) is 11.3 Å². The number of nitrogens with one attached hydrogen (secondary N) is 1. The molecular weight excluding hydrogens is 242 g/mol. The summed E-state index contributed by atoms with van der Waals surface area (Å²) >= 11 is 2.05. The molecule has 0 radical (unpaired) electrons. The Morgan fingerprint density at radius 1 is 1.50 bits per heavy atom. The van der Waals surface area contributed by atoms with E-state index in [0.29, 0.717) is 16.7 Å². The van der Waals surface area contributed by atoms with Crippen LogP contribution < -0.4 is 5.32 Å². The molecule has 2 atom stereocenters. The Morgan fingerprint density at radius 2 is 2.33 bits per heavy atom. The fourth-order valence-electron chi connectivity index (χ4n) is 2.78. The normalized spacial score (nSPS) is 27.3. The first kappa shape index (κ1) is 14.0. The van der Waals surface area contributed by atoms with E-state index in [9.17, 15) is 0 Å². The van der Waals surface area contributed by atoms with Gasteiger partial charge in [-0.25, -0.2) is 0 Å². The molecule has 2 nitrogen and oxygen atoms in total. The minimum atomic E-state index is 0.493. The Hall–Kier alpha value is -0.410. The fraction of sp³-hybridized carbons (Fsp3) is 0.733. The molecule has 0 aliphatic heterocycles. The molecule has 2 rings (SSSR count). The number of rotatable bonds is 5. The van der Waals surface area contributed by atoms with Gasteiger partial charge >= 0.3 is 0 Å². The van der Waals surface area contributed by atoms with Crippen molar-refractivity contribution < 1.29 is 4.42 Å². The maximum atomic E-state index is 5.43. The molecule has 0 amide bonds. The summed E-state index contributed by atoms with van der Waals surface area (Å²) in [6.07, 6.45) is 5.71. The van der Waals surface area contributed by atoms with Crippen LogP contribution in [0.3, 0.4) is 0 Å². The molecular formula is C15H25NOS. The van der Waals surface area contributed by atoms with Crippen molar-refractivity contribution in [3.63, 3.8) is 0 Å². The lowest BCUT2D eigenvalue weighted by Crippen LogP contribution is -2.44. The van der Waals surface area contributed by atoms with E-state index in [1.807, 2.05) is 17.8 Å². The van der Waals surface area contributed by atoms with Crippen LogP contribution in [0.15, 0.2) is 22.8 Å². The van der Waals surface area contributed by atoms with Gasteiger partial charge in [0.25, 0.3) is 0 Å². The summed E-state index contributed by atoms with van der Waals surface area (Å²) in [7, 11) is 0. The Bertz CT molecular complexity index is 347. The van der Waals surface area contributed by atoms with Crippen molar-refractivity contribution in [1.29, 1.82) is 0 Å². The summed E-state index contributed by atoms with van der Waals surface area (Å²) < 4.78 is 5.43. The second-order valence-electron chi connectivity index (χ2n) is 6.00. The van der Waals surface area contributed by atoms with Crippen molar-refractivity contribution in [3.8, 4) is 0 Å². The van der Waals surface area contributed by atoms with Crippen molar-refractivity contribution in [1.82, 2.24) is 5.32 Å². The lowest BCUT2D eigenvalue weighted by molar-refractivity contribution is 0.215. The maximum Gasteiger partial charge on any atom is 0.113 e. The molecule has 3 heteroatoms. The Balaban J connectivity index is 1.92. The minimum Gasteiger partial charge on any atom is -0.468 e. The van der Waals surface area contributed by atoms with Gasteiger partial charge in [-0.1, -0.05) is 20.8 Å². The van der Waals surface area contributed by atoms with Crippen LogP contribution in [0.25, 0.3) is 0 Å². The average Bonchev–Trinajstić information content (AvgIpc) is 2.82. The zero-order chi connectivity index (χ0) is 13.0. The minimum absolute atomic E-state index is 0.493. The monoisotopic (exact) mass is 267 g/mol. The first-order valence-electron chi connectivity index (χ1n) is 6.98. The molecule has 18 heavy (non-hydrogen) atoms. The molecule has 102 valence electrons. The Labute approximate surface area is 115 Å². The van der Waals surface area contributed by atoms with E-state index in [1.54, 1.807) is 6.26 Å². The predicted octanol–water partition coefficient (Wildman–Crippen LogP) is 4.07. The average molecular weight is 267 g/mol. The van der Waals surface area contributed by atoms with E-state index in [0.717, 1.165) is 18.1 Å². The van der Waals surface area contributed by atoms with E-state index in [1.165, 1.54) is 19.3 Å². The van der Waals surface area contributed by atoms with Crippen LogP contribution in [0, 0.1) is 5.41 Å². The summed E-state index contributed by atoms with van der Waals surface area (Å²) in [5.74, 6) is 2.09. The van der Waals surface area contributed by atoms with Gasteiger partial charge in [-0.05, 0) is 43.4 Å². The van der Waals surface area contributed by atoms with Crippen LogP contribution in [0.4, 0.5) is 0 Å². The third-order valence-corrected chi connectivity index (χ3v) is 5.20. The van der Waals surface area contributed by atoms with Crippen molar-refractivity contribution in [2.24, 2.45) is 5.41 Å². The first-order valence-corrected chi connectivity index (χ1v) is 8.03. The molecule has 0 spiro atoms. The van der Waals surface area contributed by atoms with E-state index in [4.69, 9.17) is 4.42 Å². The molecule has 1 aromatic heterocycles. The van der Waals surface area contributed by atoms with Crippen LogP contribution in [-0.2, 0) is 5.75 Å². The van der Waals surface area contributed by atoms with Crippen molar-refractivity contribution in [2.45, 2.75) is 57.1 Å². The van der Waals surface area contributed by atoms with Gasteiger partial charge in [0.1, 0.15) is 5.76 Å². The molecule has 2 unspecified atom stereocenters. The summed E-state index contributed by atoms with van der Waals surface area (Å²) in [5, 5.41) is 4.36. The van der Waals surface area contributed by atoms with Crippen LogP contribution in [0.1, 0.15) is 45.8 Å². The summed E-state index contributed by atoms with van der Waals surface area (Å²) in [5.41, 5.74) is 0.493. The topological polar surface area (TPSA) is 25.2 Å². The van der Waals surface area contributed by atoms with E-state index in [2.05, 4.69) is 32.2 Å².